The summed E-state index contributed by atoms with van der Waals surface area (Å²) in [6.45, 7) is 3.36. The van der Waals surface area contributed by atoms with Crippen LogP contribution >= 0.6 is 0 Å². The average Bonchev–Trinajstić information content (AvgIpc) is 3.64. The van der Waals surface area contributed by atoms with E-state index in [4.69, 9.17) is 8.83 Å². The second-order valence-electron chi connectivity index (χ2n) is 9.39. The van der Waals surface area contributed by atoms with Crippen molar-refractivity contribution in [2.75, 3.05) is 6.61 Å². The summed E-state index contributed by atoms with van der Waals surface area (Å²) in [7, 11) is 0. The van der Waals surface area contributed by atoms with Gasteiger partial charge in [-0.05, 0) is 40.5 Å². The number of aromatic nitrogens is 4. The van der Waals surface area contributed by atoms with Crippen molar-refractivity contribution in [2.24, 2.45) is 0 Å². The Morgan fingerprint density at radius 3 is 2.44 bits per heavy atom. The molecule has 0 aliphatic carbocycles. The van der Waals surface area contributed by atoms with Gasteiger partial charge in [0, 0.05) is 12.1 Å². The third-order valence-electron chi connectivity index (χ3n) is 6.90. The molecule has 4 N–H and O–H groups in total. The van der Waals surface area contributed by atoms with Gasteiger partial charge in [-0.25, -0.2) is 14.7 Å². The van der Waals surface area contributed by atoms with Crippen LogP contribution in [-0.4, -0.2) is 54.0 Å². The normalized spacial score (nSPS) is 17.1. The molecule has 4 aromatic rings. The number of tetrazole rings is 1. The molecule has 1 atom stereocenters. The Labute approximate surface area is 223 Å². The highest BCUT2D eigenvalue weighted by Crippen LogP contribution is 2.38. The summed E-state index contributed by atoms with van der Waals surface area (Å²) < 4.78 is 10.3. The summed E-state index contributed by atoms with van der Waals surface area (Å²) >= 11 is 0. The van der Waals surface area contributed by atoms with Gasteiger partial charge in [-0.15, -0.1) is 5.10 Å². The number of hydrogen-bond acceptors (Lipinski definition) is 10. The third kappa shape index (κ3) is 4.93. The van der Waals surface area contributed by atoms with Crippen LogP contribution in [0.3, 0.4) is 0 Å². The Balaban J connectivity index is 1.51. The highest BCUT2D eigenvalue weighted by molar-refractivity contribution is 5.88. The van der Waals surface area contributed by atoms with Crippen molar-refractivity contribution in [3.63, 3.8) is 0 Å². The molecule has 202 valence electrons. The molecule has 1 aliphatic rings. The maximum atomic E-state index is 12.4. The van der Waals surface area contributed by atoms with Crippen molar-refractivity contribution >= 4 is 5.97 Å². The standard InChI is InChI=1S/C27H28N6O6/c1-3-12-27(13-22-16(2)38-26(37)39-22)28-21(15-34)23(25(35)36)33(27)14-17-8-10-18(11-9-17)19-6-4-5-7-20(19)24-29-31-32-30-24/h4-11,28,34H,3,12-15H2,1-2H3,(H,35,36)(H,29,30,31,32). The molecule has 0 amide bonds. The second-order valence-corrected chi connectivity index (χ2v) is 9.39. The van der Waals surface area contributed by atoms with Crippen molar-refractivity contribution in [2.45, 2.75) is 45.3 Å². The summed E-state index contributed by atoms with van der Waals surface area (Å²) in [6, 6.07) is 15.5. The van der Waals surface area contributed by atoms with Crippen molar-refractivity contribution < 1.29 is 23.8 Å². The molecule has 0 saturated carbocycles. The Bertz CT molecular complexity index is 1560. The molecular weight excluding hydrogens is 504 g/mol. The summed E-state index contributed by atoms with van der Waals surface area (Å²) in [5.41, 5.74) is 2.78. The minimum atomic E-state index is -1.17. The van der Waals surface area contributed by atoms with E-state index in [0.29, 0.717) is 30.2 Å². The fourth-order valence-corrected chi connectivity index (χ4v) is 5.20. The van der Waals surface area contributed by atoms with E-state index in [2.05, 4.69) is 25.9 Å². The molecule has 39 heavy (non-hydrogen) atoms. The topological polar surface area (TPSA) is 171 Å². The number of H-pyrrole nitrogens is 1. The molecule has 12 nitrogen and oxygen atoms in total. The van der Waals surface area contributed by atoms with Crippen LogP contribution in [0.5, 0.6) is 0 Å². The van der Waals surface area contributed by atoms with Gasteiger partial charge in [0.1, 0.15) is 17.1 Å². The Morgan fingerprint density at radius 2 is 1.85 bits per heavy atom. The SMILES string of the molecule is CCCC1(Cc2oc(=O)oc2C)NC(CO)=C(C(=O)O)N1Cc1ccc(-c2ccccc2-c2nnn[nH]2)cc1. The highest BCUT2D eigenvalue weighted by Gasteiger charge is 2.47. The zero-order valence-electron chi connectivity index (χ0n) is 21.5. The summed E-state index contributed by atoms with van der Waals surface area (Å²) in [5.74, 6) is -0.776. The van der Waals surface area contributed by atoms with Gasteiger partial charge in [0.2, 0.25) is 0 Å². The molecule has 1 unspecified atom stereocenters. The molecule has 12 heteroatoms. The van der Waals surface area contributed by atoms with Crippen LogP contribution in [0, 0.1) is 6.92 Å². The van der Waals surface area contributed by atoms with Gasteiger partial charge in [-0.3, -0.25) is 0 Å². The predicted molar refractivity (Wildman–Crippen MR) is 139 cm³/mol. The van der Waals surface area contributed by atoms with E-state index in [0.717, 1.165) is 22.3 Å². The number of hydrogen-bond donors (Lipinski definition) is 4. The van der Waals surface area contributed by atoms with Crippen molar-refractivity contribution in [1.29, 1.82) is 0 Å². The number of aliphatic hydroxyl groups excluding tert-OH is 1. The van der Waals surface area contributed by atoms with Crippen molar-refractivity contribution in [3.05, 3.63) is 87.6 Å². The number of nitrogens with one attached hydrogen (secondary N) is 2. The maximum absolute atomic E-state index is 12.4. The Hall–Kier alpha value is -4.71. The van der Waals surface area contributed by atoms with Crippen LogP contribution in [0.15, 0.2) is 73.6 Å². The number of carboxylic acid groups (broad SMARTS) is 1. The fraction of sp³-hybridized carbons (Fsp3) is 0.296. The number of carboxylic acids is 1. The van der Waals surface area contributed by atoms with Gasteiger partial charge in [-0.1, -0.05) is 61.9 Å². The van der Waals surface area contributed by atoms with Gasteiger partial charge in [-0.2, -0.15) is 0 Å². The molecule has 2 aromatic carbocycles. The van der Waals surface area contributed by atoms with Crippen LogP contribution < -0.4 is 11.1 Å². The van der Waals surface area contributed by atoms with Crippen molar-refractivity contribution in [1.82, 2.24) is 30.8 Å². The summed E-state index contributed by atoms with van der Waals surface area (Å²) in [6.07, 6.45) is 1.37. The van der Waals surface area contributed by atoms with Crippen molar-refractivity contribution in [3.8, 4) is 22.5 Å². The second kappa shape index (κ2) is 10.6. The number of nitrogens with zero attached hydrogens (tertiary/aromatic N) is 4. The molecule has 0 saturated heterocycles. The number of rotatable bonds is 10. The third-order valence-corrected chi connectivity index (χ3v) is 6.90. The minimum Gasteiger partial charge on any atom is -0.477 e. The zero-order chi connectivity index (χ0) is 27.6. The molecule has 5 rings (SSSR count). The fourth-order valence-electron chi connectivity index (χ4n) is 5.20. The first-order valence-electron chi connectivity index (χ1n) is 12.5. The lowest BCUT2D eigenvalue weighted by molar-refractivity contribution is -0.135. The van der Waals surface area contributed by atoms with Crippen LogP contribution in [0.2, 0.25) is 0 Å². The quantitative estimate of drug-likeness (QED) is 0.237. The number of aromatic amines is 1. The predicted octanol–water partition coefficient (Wildman–Crippen LogP) is 2.82. The van der Waals surface area contributed by atoms with Crippen LogP contribution in [0.25, 0.3) is 22.5 Å². The largest absolute Gasteiger partial charge is 0.519 e. The zero-order valence-corrected chi connectivity index (χ0v) is 21.5. The molecule has 0 bridgehead atoms. The van der Waals surface area contributed by atoms with E-state index in [1.807, 2.05) is 55.5 Å². The van der Waals surface area contributed by atoms with Gasteiger partial charge in [0.25, 0.3) is 0 Å². The van der Waals surface area contributed by atoms with Crippen LogP contribution in [0.1, 0.15) is 36.8 Å². The average molecular weight is 533 g/mol. The van der Waals surface area contributed by atoms with E-state index in [-0.39, 0.29) is 24.4 Å². The van der Waals surface area contributed by atoms with Gasteiger partial charge in [0.15, 0.2) is 11.6 Å². The number of benzene rings is 2. The van der Waals surface area contributed by atoms with E-state index in [1.165, 1.54) is 0 Å². The molecule has 0 spiro atoms. The molecule has 0 radical (unpaired) electrons. The lowest BCUT2D eigenvalue weighted by atomic mass is 9.95. The highest BCUT2D eigenvalue weighted by atomic mass is 16.6. The van der Waals surface area contributed by atoms with E-state index < -0.39 is 24.1 Å². The van der Waals surface area contributed by atoms with E-state index >= 15 is 0 Å². The molecule has 0 fully saturated rings. The van der Waals surface area contributed by atoms with E-state index in [9.17, 15) is 19.8 Å². The number of aliphatic carboxylic acids is 1. The molecule has 3 heterocycles. The monoisotopic (exact) mass is 532 g/mol. The number of aryl methyl sites for hydroxylation is 1. The van der Waals surface area contributed by atoms with E-state index in [1.54, 1.807) is 11.8 Å². The Morgan fingerprint density at radius 1 is 1.10 bits per heavy atom. The van der Waals surface area contributed by atoms with Crippen LogP contribution in [0.4, 0.5) is 0 Å². The lowest BCUT2D eigenvalue weighted by Crippen LogP contribution is -2.54. The summed E-state index contributed by atoms with van der Waals surface area (Å²) in [4.78, 5) is 25.9. The molecular formula is C27H28N6O6. The summed E-state index contributed by atoms with van der Waals surface area (Å²) in [5, 5.41) is 37.6. The number of aliphatic hydroxyl groups is 1. The van der Waals surface area contributed by atoms with Gasteiger partial charge >= 0.3 is 11.8 Å². The van der Waals surface area contributed by atoms with Gasteiger partial charge < -0.3 is 29.3 Å². The number of carbonyl (C=O) groups is 1. The minimum absolute atomic E-state index is 0.0262. The Kier molecular flexibility index (Phi) is 7.03. The van der Waals surface area contributed by atoms with Gasteiger partial charge in [0.05, 0.1) is 18.7 Å². The first-order chi connectivity index (χ1) is 18.8. The first-order valence-corrected chi connectivity index (χ1v) is 12.5. The smallest absolute Gasteiger partial charge is 0.477 e. The lowest BCUT2D eigenvalue weighted by Gasteiger charge is -2.40. The maximum Gasteiger partial charge on any atom is 0.519 e. The molecule has 2 aromatic heterocycles. The molecule has 1 aliphatic heterocycles. The first kappa shape index (κ1) is 25.9. The van der Waals surface area contributed by atoms with Crippen LogP contribution in [-0.2, 0) is 17.8 Å².